The monoisotopic (exact) mass is 280 g/mol. The minimum Gasteiger partial charge on any atom is -0.478 e. The van der Waals surface area contributed by atoms with Gasteiger partial charge in [0, 0.05) is 5.57 Å². The summed E-state index contributed by atoms with van der Waals surface area (Å²) in [6.07, 6.45) is 1.75. The molecule has 2 heteroatoms. The second-order valence-corrected chi connectivity index (χ2v) is 4.45. The maximum absolute atomic E-state index is 11.2. The lowest BCUT2D eigenvalue weighted by atomic mass is 9.94. The first-order valence-electron chi connectivity index (χ1n) is 6.73. The summed E-state index contributed by atoms with van der Waals surface area (Å²) in [5, 5.41) is 9.22. The van der Waals surface area contributed by atoms with Crippen molar-refractivity contribution in [2.24, 2.45) is 0 Å². The van der Waals surface area contributed by atoms with Crippen molar-refractivity contribution in [3.8, 4) is 0 Å². The standard InChI is InChI=1S/C16H14O2.C3H6/c1-12(16(17)18)15(13-8-4-2-5-9-13)14-10-6-3-7-11-14;1-3-2/h2-11H,1H3,(H,17,18);3H,1H2,2H3. The van der Waals surface area contributed by atoms with E-state index < -0.39 is 5.97 Å². The Morgan fingerprint density at radius 3 is 1.57 bits per heavy atom. The van der Waals surface area contributed by atoms with Crippen LogP contribution in [-0.2, 0) is 4.79 Å². The molecular formula is C19H20O2. The zero-order valence-corrected chi connectivity index (χ0v) is 12.4. The molecule has 0 saturated heterocycles. The van der Waals surface area contributed by atoms with E-state index in [4.69, 9.17) is 0 Å². The number of benzene rings is 2. The molecule has 2 rings (SSSR count). The molecule has 2 aromatic rings. The number of hydrogen-bond donors (Lipinski definition) is 1. The average Bonchev–Trinajstić information content (AvgIpc) is 2.50. The number of hydrogen-bond acceptors (Lipinski definition) is 1. The van der Waals surface area contributed by atoms with Crippen LogP contribution in [0.15, 0.2) is 78.9 Å². The van der Waals surface area contributed by atoms with Gasteiger partial charge >= 0.3 is 5.97 Å². The summed E-state index contributed by atoms with van der Waals surface area (Å²) in [5.74, 6) is -0.891. The molecular weight excluding hydrogens is 260 g/mol. The van der Waals surface area contributed by atoms with Crippen LogP contribution in [0.3, 0.4) is 0 Å². The van der Waals surface area contributed by atoms with Gasteiger partial charge in [0.1, 0.15) is 0 Å². The van der Waals surface area contributed by atoms with E-state index >= 15 is 0 Å². The molecule has 0 bridgehead atoms. The van der Waals surface area contributed by atoms with Gasteiger partial charge in [0.05, 0.1) is 0 Å². The fraction of sp³-hybridized carbons (Fsp3) is 0.105. The molecule has 0 unspecified atom stereocenters. The van der Waals surface area contributed by atoms with Crippen LogP contribution in [0.25, 0.3) is 5.57 Å². The van der Waals surface area contributed by atoms with Crippen molar-refractivity contribution in [2.75, 3.05) is 0 Å². The van der Waals surface area contributed by atoms with Crippen molar-refractivity contribution in [1.29, 1.82) is 0 Å². The Morgan fingerprint density at radius 1 is 0.952 bits per heavy atom. The van der Waals surface area contributed by atoms with Crippen molar-refractivity contribution in [2.45, 2.75) is 13.8 Å². The third-order valence-electron chi connectivity index (χ3n) is 2.82. The third kappa shape index (κ3) is 4.77. The van der Waals surface area contributed by atoms with E-state index in [-0.39, 0.29) is 0 Å². The van der Waals surface area contributed by atoms with Crippen LogP contribution in [0.1, 0.15) is 25.0 Å². The van der Waals surface area contributed by atoms with E-state index in [1.807, 2.05) is 67.6 Å². The summed E-state index contributed by atoms with van der Waals surface area (Å²) in [4.78, 5) is 11.2. The molecule has 0 heterocycles. The molecule has 0 saturated carbocycles. The molecule has 0 aromatic heterocycles. The van der Waals surface area contributed by atoms with E-state index in [0.29, 0.717) is 5.57 Å². The Morgan fingerprint density at radius 2 is 1.29 bits per heavy atom. The number of allylic oxidation sites excluding steroid dienone is 1. The Hall–Kier alpha value is -2.61. The summed E-state index contributed by atoms with van der Waals surface area (Å²) in [6.45, 7) is 6.89. The fourth-order valence-electron chi connectivity index (χ4n) is 1.92. The van der Waals surface area contributed by atoms with Gasteiger partial charge < -0.3 is 5.11 Å². The van der Waals surface area contributed by atoms with Crippen LogP contribution in [0.4, 0.5) is 0 Å². The molecule has 0 aliphatic carbocycles. The summed E-state index contributed by atoms with van der Waals surface area (Å²) in [5.41, 5.74) is 2.96. The highest BCUT2D eigenvalue weighted by molar-refractivity contribution is 6.00. The van der Waals surface area contributed by atoms with E-state index in [2.05, 4.69) is 6.58 Å². The fourth-order valence-corrected chi connectivity index (χ4v) is 1.92. The molecule has 2 aromatic carbocycles. The Balaban J connectivity index is 0.000000677. The first kappa shape index (κ1) is 16.4. The predicted molar refractivity (Wildman–Crippen MR) is 88.1 cm³/mol. The molecule has 2 nitrogen and oxygen atoms in total. The number of carbonyl (C=O) groups is 1. The van der Waals surface area contributed by atoms with Gasteiger partial charge in [-0.05, 0) is 30.5 Å². The van der Waals surface area contributed by atoms with Crippen LogP contribution in [-0.4, -0.2) is 11.1 Å². The molecule has 0 aliphatic rings. The van der Waals surface area contributed by atoms with Crippen LogP contribution < -0.4 is 0 Å². The molecule has 0 fully saturated rings. The van der Waals surface area contributed by atoms with Gasteiger partial charge in [0.15, 0.2) is 0 Å². The zero-order chi connectivity index (χ0) is 15.7. The predicted octanol–water partition coefficient (Wildman–Crippen LogP) is 4.79. The summed E-state index contributed by atoms with van der Waals surface area (Å²) < 4.78 is 0. The van der Waals surface area contributed by atoms with Gasteiger partial charge in [0.2, 0.25) is 0 Å². The lowest BCUT2D eigenvalue weighted by Crippen LogP contribution is -2.02. The van der Waals surface area contributed by atoms with Gasteiger partial charge in [-0.25, -0.2) is 4.79 Å². The summed E-state index contributed by atoms with van der Waals surface area (Å²) >= 11 is 0. The van der Waals surface area contributed by atoms with E-state index in [0.717, 1.165) is 16.7 Å². The van der Waals surface area contributed by atoms with Gasteiger partial charge in [0.25, 0.3) is 0 Å². The lowest BCUT2D eigenvalue weighted by Gasteiger charge is -2.10. The number of aliphatic carboxylic acids is 1. The molecule has 0 radical (unpaired) electrons. The highest BCUT2D eigenvalue weighted by Crippen LogP contribution is 2.26. The first-order chi connectivity index (χ1) is 10.1. The molecule has 108 valence electrons. The molecule has 0 aliphatic heterocycles. The first-order valence-corrected chi connectivity index (χ1v) is 6.73. The number of carboxylic acid groups (broad SMARTS) is 1. The zero-order valence-electron chi connectivity index (χ0n) is 12.4. The largest absolute Gasteiger partial charge is 0.478 e. The van der Waals surface area contributed by atoms with Gasteiger partial charge in [-0.3, -0.25) is 0 Å². The van der Waals surface area contributed by atoms with Gasteiger partial charge in [-0.1, -0.05) is 66.7 Å². The average molecular weight is 280 g/mol. The molecule has 0 amide bonds. The smallest absolute Gasteiger partial charge is 0.331 e. The second kappa shape index (κ2) is 8.54. The Kier molecular flexibility index (Phi) is 6.69. The van der Waals surface area contributed by atoms with E-state index in [9.17, 15) is 9.90 Å². The Bertz CT molecular complexity index is 569. The number of carboxylic acids is 1. The molecule has 0 atom stereocenters. The molecule has 0 spiro atoms. The second-order valence-electron chi connectivity index (χ2n) is 4.45. The highest BCUT2D eigenvalue weighted by atomic mass is 16.4. The van der Waals surface area contributed by atoms with E-state index in [1.54, 1.807) is 13.0 Å². The van der Waals surface area contributed by atoms with Gasteiger partial charge in [-0.15, -0.1) is 6.58 Å². The normalized spacial score (nSPS) is 9.05. The SMILES string of the molecule is C=CC.CC(C(=O)O)=C(c1ccccc1)c1ccccc1. The maximum atomic E-state index is 11.2. The lowest BCUT2D eigenvalue weighted by molar-refractivity contribution is -0.132. The van der Waals surface area contributed by atoms with Crippen molar-refractivity contribution in [3.05, 3.63) is 90.0 Å². The van der Waals surface area contributed by atoms with Crippen LogP contribution in [0, 0.1) is 0 Å². The van der Waals surface area contributed by atoms with Crippen molar-refractivity contribution >= 4 is 11.5 Å². The quantitative estimate of drug-likeness (QED) is 0.648. The van der Waals surface area contributed by atoms with Gasteiger partial charge in [-0.2, -0.15) is 0 Å². The molecule has 21 heavy (non-hydrogen) atoms. The van der Waals surface area contributed by atoms with Crippen LogP contribution in [0.2, 0.25) is 0 Å². The topological polar surface area (TPSA) is 37.3 Å². The number of rotatable bonds is 3. The van der Waals surface area contributed by atoms with Crippen molar-refractivity contribution < 1.29 is 9.90 Å². The van der Waals surface area contributed by atoms with Crippen molar-refractivity contribution in [1.82, 2.24) is 0 Å². The summed E-state index contributed by atoms with van der Waals surface area (Å²) in [6, 6.07) is 19.2. The summed E-state index contributed by atoms with van der Waals surface area (Å²) in [7, 11) is 0. The molecule has 1 N–H and O–H groups in total. The minimum atomic E-state index is -0.891. The van der Waals surface area contributed by atoms with Crippen LogP contribution >= 0.6 is 0 Å². The van der Waals surface area contributed by atoms with E-state index in [1.165, 1.54) is 0 Å². The van der Waals surface area contributed by atoms with Crippen molar-refractivity contribution in [3.63, 3.8) is 0 Å². The maximum Gasteiger partial charge on any atom is 0.331 e. The van der Waals surface area contributed by atoms with Crippen LogP contribution in [0.5, 0.6) is 0 Å². The highest BCUT2D eigenvalue weighted by Gasteiger charge is 2.12. The Labute approximate surface area is 126 Å². The minimum absolute atomic E-state index is 0.354. The third-order valence-corrected chi connectivity index (χ3v) is 2.82.